The number of nitrogens with one attached hydrogen (secondary N) is 2. The largest absolute Gasteiger partial charge is 0.494 e. The smallest absolute Gasteiger partial charge is 0.190 e. The van der Waals surface area contributed by atoms with E-state index < -0.39 is 0 Å². The van der Waals surface area contributed by atoms with Crippen molar-refractivity contribution in [3.05, 3.63) is 42.5 Å². The van der Waals surface area contributed by atoms with Crippen LogP contribution in [0.3, 0.4) is 0 Å². The summed E-state index contributed by atoms with van der Waals surface area (Å²) in [5, 5.41) is 9.10. The molecule has 0 aliphatic carbocycles. The minimum atomic E-state index is 0.665. The van der Waals surface area contributed by atoms with Crippen molar-refractivity contribution in [3.8, 4) is 5.75 Å². The molecular formula is C24H35N3O3. The average Bonchev–Trinajstić information content (AvgIpc) is 2.80. The topological polar surface area (TPSA) is 64.1 Å². The maximum atomic E-state index is 5.88. The van der Waals surface area contributed by atoms with Gasteiger partial charge in [-0.05, 0) is 54.5 Å². The molecule has 1 fully saturated rings. The Balaban J connectivity index is 1.21. The van der Waals surface area contributed by atoms with Crippen LogP contribution in [0.5, 0.6) is 5.75 Å². The minimum Gasteiger partial charge on any atom is -0.494 e. The van der Waals surface area contributed by atoms with Crippen molar-refractivity contribution < 1.29 is 14.2 Å². The van der Waals surface area contributed by atoms with Gasteiger partial charge in [-0.1, -0.05) is 30.3 Å². The molecule has 30 heavy (non-hydrogen) atoms. The lowest BCUT2D eigenvalue weighted by atomic mass is 10.0. The van der Waals surface area contributed by atoms with Gasteiger partial charge in [0.25, 0.3) is 0 Å². The summed E-state index contributed by atoms with van der Waals surface area (Å²) in [6, 6.07) is 14.5. The monoisotopic (exact) mass is 413 g/mol. The number of benzene rings is 2. The Hall–Kier alpha value is -2.31. The number of hydrogen-bond acceptors (Lipinski definition) is 4. The summed E-state index contributed by atoms with van der Waals surface area (Å²) >= 11 is 0. The second-order valence-corrected chi connectivity index (χ2v) is 7.62. The third-order valence-electron chi connectivity index (χ3n) is 5.28. The first-order chi connectivity index (χ1) is 14.8. The molecule has 0 unspecified atom stereocenters. The Labute approximate surface area is 180 Å². The Morgan fingerprint density at radius 3 is 2.50 bits per heavy atom. The molecule has 164 valence electrons. The van der Waals surface area contributed by atoms with Gasteiger partial charge in [0.1, 0.15) is 5.75 Å². The van der Waals surface area contributed by atoms with Crippen LogP contribution in [0, 0.1) is 5.92 Å². The second kappa shape index (κ2) is 13.1. The van der Waals surface area contributed by atoms with Crippen LogP contribution in [-0.4, -0.2) is 59.1 Å². The van der Waals surface area contributed by atoms with E-state index in [1.54, 1.807) is 7.05 Å². The molecule has 0 spiro atoms. The van der Waals surface area contributed by atoms with Crippen LogP contribution in [0.15, 0.2) is 47.5 Å². The number of ether oxygens (including phenoxy) is 3. The van der Waals surface area contributed by atoms with E-state index in [2.05, 4.69) is 46.0 Å². The zero-order valence-corrected chi connectivity index (χ0v) is 18.1. The molecule has 0 radical (unpaired) electrons. The first-order valence-corrected chi connectivity index (χ1v) is 11.1. The zero-order valence-electron chi connectivity index (χ0n) is 18.1. The van der Waals surface area contributed by atoms with Gasteiger partial charge in [0.15, 0.2) is 5.96 Å². The van der Waals surface area contributed by atoms with E-state index in [0.717, 1.165) is 76.9 Å². The molecule has 2 aromatic rings. The number of nitrogens with zero attached hydrogens (tertiary/aromatic N) is 1. The van der Waals surface area contributed by atoms with Crippen molar-refractivity contribution in [1.29, 1.82) is 0 Å². The summed E-state index contributed by atoms with van der Waals surface area (Å²) in [5.41, 5.74) is 0. The SMILES string of the molecule is CN=C(NCCCOCC1CCOCC1)NCCCOc1ccc2ccccc2c1. The van der Waals surface area contributed by atoms with Crippen LogP contribution in [0.25, 0.3) is 10.8 Å². The van der Waals surface area contributed by atoms with Crippen LogP contribution in [0.1, 0.15) is 25.7 Å². The van der Waals surface area contributed by atoms with E-state index in [9.17, 15) is 0 Å². The highest BCUT2D eigenvalue weighted by atomic mass is 16.5. The molecule has 0 atom stereocenters. The van der Waals surface area contributed by atoms with E-state index >= 15 is 0 Å². The van der Waals surface area contributed by atoms with Gasteiger partial charge < -0.3 is 24.8 Å². The highest BCUT2D eigenvalue weighted by molar-refractivity contribution is 5.83. The normalized spacial score (nSPS) is 15.3. The van der Waals surface area contributed by atoms with Gasteiger partial charge in [0.2, 0.25) is 0 Å². The minimum absolute atomic E-state index is 0.665. The number of fused-ring (bicyclic) bond motifs is 1. The van der Waals surface area contributed by atoms with Gasteiger partial charge in [-0.3, -0.25) is 4.99 Å². The number of guanidine groups is 1. The number of hydrogen-bond donors (Lipinski definition) is 2. The second-order valence-electron chi connectivity index (χ2n) is 7.62. The third-order valence-corrected chi connectivity index (χ3v) is 5.28. The standard InChI is InChI=1S/C24H35N3O3/c1-25-24(26-12-4-14-29-19-20-10-16-28-17-11-20)27-13-5-15-30-23-9-8-21-6-2-3-7-22(21)18-23/h2-3,6-9,18,20H,4-5,10-17,19H2,1H3,(H2,25,26,27). The van der Waals surface area contributed by atoms with Crippen molar-refractivity contribution >= 4 is 16.7 Å². The Morgan fingerprint density at radius 1 is 1.00 bits per heavy atom. The Kier molecular flexibility index (Phi) is 9.76. The lowest BCUT2D eigenvalue weighted by Gasteiger charge is -2.21. The van der Waals surface area contributed by atoms with E-state index in [-0.39, 0.29) is 0 Å². The summed E-state index contributed by atoms with van der Waals surface area (Å²) in [7, 11) is 1.79. The van der Waals surface area contributed by atoms with E-state index in [0.29, 0.717) is 12.5 Å². The molecule has 1 saturated heterocycles. The Bertz CT molecular complexity index is 775. The van der Waals surface area contributed by atoms with Gasteiger partial charge in [-0.2, -0.15) is 0 Å². The molecule has 2 aromatic carbocycles. The molecule has 1 aliphatic heterocycles. The Morgan fingerprint density at radius 2 is 1.73 bits per heavy atom. The molecule has 1 heterocycles. The van der Waals surface area contributed by atoms with E-state index in [4.69, 9.17) is 14.2 Å². The number of rotatable bonds is 11. The molecule has 3 rings (SSSR count). The fourth-order valence-electron chi connectivity index (χ4n) is 3.49. The summed E-state index contributed by atoms with van der Waals surface area (Å²) in [4.78, 5) is 4.27. The van der Waals surface area contributed by atoms with E-state index in [1.165, 1.54) is 10.8 Å². The van der Waals surface area contributed by atoms with Crippen LogP contribution in [0.4, 0.5) is 0 Å². The van der Waals surface area contributed by atoms with Gasteiger partial charge in [0.05, 0.1) is 6.61 Å². The van der Waals surface area contributed by atoms with Crippen molar-refractivity contribution in [1.82, 2.24) is 10.6 Å². The predicted octanol–water partition coefficient (Wildman–Crippen LogP) is 3.61. The van der Waals surface area contributed by atoms with Crippen molar-refractivity contribution in [2.45, 2.75) is 25.7 Å². The number of aliphatic imine (C=N–C) groups is 1. The predicted molar refractivity (Wildman–Crippen MR) is 122 cm³/mol. The molecule has 6 heteroatoms. The quantitative estimate of drug-likeness (QED) is 0.335. The van der Waals surface area contributed by atoms with Crippen molar-refractivity contribution in [2.24, 2.45) is 10.9 Å². The third kappa shape index (κ3) is 7.84. The highest BCUT2D eigenvalue weighted by Crippen LogP contribution is 2.20. The van der Waals surface area contributed by atoms with Crippen LogP contribution in [-0.2, 0) is 9.47 Å². The fraction of sp³-hybridized carbons (Fsp3) is 0.542. The van der Waals surface area contributed by atoms with Crippen LogP contribution in [0.2, 0.25) is 0 Å². The van der Waals surface area contributed by atoms with Crippen LogP contribution < -0.4 is 15.4 Å². The van der Waals surface area contributed by atoms with Crippen molar-refractivity contribution in [3.63, 3.8) is 0 Å². The van der Waals surface area contributed by atoms with Gasteiger partial charge >= 0.3 is 0 Å². The molecule has 1 aliphatic rings. The summed E-state index contributed by atoms with van der Waals surface area (Å²) < 4.78 is 17.1. The van der Waals surface area contributed by atoms with Gasteiger partial charge in [-0.25, -0.2) is 0 Å². The lowest BCUT2D eigenvalue weighted by molar-refractivity contribution is 0.0203. The molecule has 0 amide bonds. The first-order valence-electron chi connectivity index (χ1n) is 11.1. The summed E-state index contributed by atoms with van der Waals surface area (Å²) in [5.74, 6) is 2.40. The highest BCUT2D eigenvalue weighted by Gasteiger charge is 2.13. The van der Waals surface area contributed by atoms with Gasteiger partial charge in [0, 0.05) is 46.6 Å². The molecule has 0 saturated carbocycles. The zero-order chi connectivity index (χ0) is 20.9. The maximum Gasteiger partial charge on any atom is 0.190 e. The summed E-state index contributed by atoms with van der Waals surface area (Å²) in [6.45, 7) is 5.72. The van der Waals surface area contributed by atoms with E-state index in [1.807, 2.05) is 12.1 Å². The molecule has 6 nitrogen and oxygen atoms in total. The molecule has 0 bridgehead atoms. The molecular weight excluding hydrogens is 378 g/mol. The molecule has 0 aromatic heterocycles. The van der Waals surface area contributed by atoms with Crippen LogP contribution >= 0.6 is 0 Å². The lowest BCUT2D eigenvalue weighted by Crippen LogP contribution is -2.38. The maximum absolute atomic E-state index is 5.88. The fourth-order valence-corrected chi connectivity index (χ4v) is 3.49. The average molecular weight is 414 g/mol. The van der Waals surface area contributed by atoms with Crippen molar-refractivity contribution in [2.75, 3.05) is 53.2 Å². The summed E-state index contributed by atoms with van der Waals surface area (Å²) in [6.07, 6.45) is 4.12. The van der Waals surface area contributed by atoms with Gasteiger partial charge in [-0.15, -0.1) is 0 Å². The first kappa shape index (κ1) is 22.4. The molecule has 2 N–H and O–H groups in total.